The molecule has 0 unspecified atom stereocenters. The first-order chi connectivity index (χ1) is 17.7. The van der Waals surface area contributed by atoms with Gasteiger partial charge in [-0.15, -0.1) is 7.05 Å². The summed E-state index contributed by atoms with van der Waals surface area (Å²) in [6.45, 7) is 12.2. The van der Waals surface area contributed by atoms with Crippen molar-refractivity contribution in [3.63, 3.8) is 0 Å². The summed E-state index contributed by atoms with van der Waals surface area (Å²) in [5, 5.41) is 10.4. The Morgan fingerprint density at radius 2 is 0.974 bits per heavy atom. The average molecular weight is 705 g/mol. The fourth-order valence-corrected chi connectivity index (χ4v) is 6.48. The zero-order chi connectivity index (χ0) is 27.4. The van der Waals surface area contributed by atoms with Crippen LogP contribution in [0, 0.1) is 34.6 Å². The van der Waals surface area contributed by atoms with Gasteiger partial charge in [-0.1, -0.05) is 89.2 Å². The third kappa shape index (κ3) is 9.72. The van der Waals surface area contributed by atoms with Gasteiger partial charge in [-0.25, -0.2) is 0 Å². The van der Waals surface area contributed by atoms with Crippen LogP contribution in [0.3, 0.4) is 0 Å². The van der Waals surface area contributed by atoms with Crippen LogP contribution in [-0.2, 0) is 24.9 Å². The second kappa shape index (κ2) is 16.8. The third-order valence-corrected chi connectivity index (χ3v) is 9.18. The van der Waals surface area contributed by atoms with E-state index in [0.29, 0.717) is 0 Å². The standard InChI is InChI=1S/C18H15P.C10H15.C4H8N2O2.Ir/c1-4-10-16(11-5-1)19(17-12-6-2-7-13-17)18-14-8-3-9-15-18;1-6-7(2)9(4)10(5)8(6)3;1-3(7)6-4(8)5-2;/h1-15H;1-5H3;1-2H3,(H2,5,6,7,8);/q;-1;;/p-1. The summed E-state index contributed by atoms with van der Waals surface area (Å²) in [5.41, 5.74) is 7.34. The van der Waals surface area contributed by atoms with Crippen LogP contribution in [0.25, 0.3) is 10.6 Å². The van der Waals surface area contributed by atoms with E-state index < -0.39 is 19.9 Å². The van der Waals surface area contributed by atoms with E-state index in [-0.39, 0.29) is 20.1 Å². The summed E-state index contributed by atoms with van der Waals surface area (Å²) in [6, 6.07) is 31.8. The van der Waals surface area contributed by atoms with Crippen LogP contribution in [0.1, 0.15) is 34.7 Å². The van der Waals surface area contributed by atoms with Crippen molar-refractivity contribution in [3.05, 3.63) is 129 Å². The Morgan fingerprint density at radius 3 is 1.16 bits per heavy atom. The number of carbonyl (C=O) groups excluding carboxylic acids is 2. The molecule has 0 saturated heterocycles. The fourth-order valence-electron chi connectivity index (χ4n) is 3.91. The van der Waals surface area contributed by atoms with Gasteiger partial charge in [-0.05, 0) is 49.4 Å². The molecule has 4 aromatic rings. The van der Waals surface area contributed by atoms with Crippen molar-refractivity contribution in [2.75, 3.05) is 7.05 Å². The Labute approximate surface area is 242 Å². The summed E-state index contributed by atoms with van der Waals surface area (Å²) in [6.07, 6.45) is 0. The van der Waals surface area contributed by atoms with Gasteiger partial charge in [0.15, 0.2) is 0 Å². The molecule has 38 heavy (non-hydrogen) atoms. The Kier molecular flexibility index (Phi) is 14.6. The van der Waals surface area contributed by atoms with Crippen LogP contribution in [0.2, 0.25) is 0 Å². The van der Waals surface area contributed by atoms with Crippen molar-refractivity contribution in [1.29, 1.82) is 0 Å². The van der Waals surface area contributed by atoms with Crippen molar-refractivity contribution in [1.82, 2.24) is 0 Å². The van der Waals surface area contributed by atoms with Crippen molar-refractivity contribution in [2.24, 2.45) is 0 Å². The second-order valence-electron chi connectivity index (χ2n) is 8.74. The van der Waals surface area contributed by atoms with Crippen molar-refractivity contribution in [3.8, 4) is 0 Å². The number of benzene rings is 3. The summed E-state index contributed by atoms with van der Waals surface area (Å²) in [4.78, 5) is 20.0. The molecule has 4 aromatic carbocycles. The van der Waals surface area contributed by atoms with Gasteiger partial charge in [0.1, 0.15) is 15.9 Å². The normalized spacial score (nSPS) is 9.68. The number of nitrogens with zero attached hydrogens (tertiary/aromatic N) is 2. The van der Waals surface area contributed by atoms with E-state index in [0.717, 1.165) is 0 Å². The van der Waals surface area contributed by atoms with E-state index in [1.807, 2.05) is 0 Å². The smallest absolute Gasteiger partial charge is 0.102 e. The molecule has 4 nitrogen and oxygen atoms in total. The molecule has 3 amide bonds. The number of urea groups is 1. The predicted molar refractivity (Wildman–Crippen MR) is 161 cm³/mol. The first-order valence-electron chi connectivity index (χ1n) is 12.3. The number of imide groups is 1. The van der Waals surface area contributed by atoms with Crippen molar-refractivity contribution < 1.29 is 29.7 Å². The van der Waals surface area contributed by atoms with E-state index in [4.69, 9.17) is 0 Å². The average Bonchev–Trinajstić information content (AvgIpc) is 3.08. The number of amides is 3. The van der Waals surface area contributed by atoms with E-state index in [1.165, 1.54) is 57.7 Å². The maximum atomic E-state index is 10.1. The van der Waals surface area contributed by atoms with Gasteiger partial charge in [0.25, 0.3) is 0 Å². The van der Waals surface area contributed by atoms with Gasteiger partial charge in [-0.3, -0.25) is 0 Å². The van der Waals surface area contributed by atoms with Crippen LogP contribution < -0.4 is 15.9 Å². The van der Waals surface area contributed by atoms with Gasteiger partial charge < -0.3 is 20.2 Å². The van der Waals surface area contributed by atoms with Gasteiger partial charge in [0, 0.05) is 20.1 Å². The molecule has 0 saturated carbocycles. The summed E-state index contributed by atoms with van der Waals surface area (Å²) in [5.74, 6) is -0.513. The van der Waals surface area contributed by atoms with E-state index in [2.05, 4.69) is 136 Å². The molecule has 6 heteroatoms. The molecule has 0 aromatic heterocycles. The summed E-state index contributed by atoms with van der Waals surface area (Å²) < 4.78 is 0. The summed E-state index contributed by atoms with van der Waals surface area (Å²) in [7, 11) is 0.409. The Balaban J connectivity index is 0.000000322. The van der Waals surface area contributed by atoms with Gasteiger partial charge in [-0.2, -0.15) is 27.8 Å². The van der Waals surface area contributed by atoms with E-state index in [1.54, 1.807) is 0 Å². The molecule has 0 bridgehead atoms. The van der Waals surface area contributed by atoms with Crippen LogP contribution in [-0.4, -0.2) is 19.0 Å². The van der Waals surface area contributed by atoms with Crippen LogP contribution in [0.4, 0.5) is 4.79 Å². The zero-order valence-corrected chi connectivity index (χ0v) is 26.6. The van der Waals surface area contributed by atoms with Gasteiger partial charge in [0.05, 0.1) is 13.8 Å². The maximum Gasteiger partial charge on any atom is 0.102 e. The third-order valence-electron chi connectivity index (χ3n) is 6.44. The minimum Gasteiger partial charge on any atom is -0.672 e. The Bertz CT molecular complexity index is 1100. The molecule has 0 aliphatic rings. The molecule has 0 heterocycles. The first kappa shape index (κ1) is 33.1. The monoisotopic (exact) mass is 705 g/mol. The molecular formula is C32H37IrN2O2P-2. The molecule has 0 N–H and O–H groups in total. The molecule has 0 atom stereocenters. The van der Waals surface area contributed by atoms with Gasteiger partial charge >= 0.3 is 0 Å². The fraction of sp³-hybridized carbons (Fsp3) is 0.219. The maximum absolute atomic E-state index is 10.1. The van der Waals surface area contributed by atoms with Crippen LogP contribution >= 0.6 is 7.92 Å². The van der Waals surface area contributed by atoms with Crippen LogP contribution in [0.5, 0.6) is 0 Å². The number of carbonyl (C=O) groups is 2. The topological polar surface area (TPSA) is 62.3 Å². The molecule has 0 fully saturated rings. The minimum absolute atomic E-state index is 0. The zero-order valence-electron chi connectivity index (χ0n) is 23.2. The van der Waals surface area contributed by atoms with E-state index in [9.17, 15) is 9.59 Å². The predicted octanol–water partition coefficient (Wildman–Crippen LogP) is 7.15. The minimum atomic E-state index is -0.877. The quantitative estimate of drug-likeness (QED) is 0.168. The number of hydrogen-bond acceptors (Lipinski definition) is 2. The van der Waals surface area contributed by atoms with Gasteiger partial charge in [0.2, 0.25) is 0 Å². The molecule has 203 valence electrons. The molecule has 0 spiro atoms. The molecule has 1 radical (unpaired) electrons. The molecule has 4 rings (SSSR count). The van der Waals surface area contributed by atoms with Crippen molar-refractivity contribution >= 4 is 35.8 Å². The molecule has 0 aliphatic heterocycles. The van der Waals surface area contributed by atoms with E-state index >= 15 is 0 Å². The van der Waals surface area contributed by atoms with Crippen molar-refractivity contribution in [2.45, 2.75) is 41.5 Å². The second-order valence-corrected chi connectivity index (χ2v) is 11.2. The Hall–Kier alpha value is -2.97. The first-order valence-corrected chi connectivity index (χ1v) is 13.8. The number of rotatable bonds is 3. The Morgan fingerprint density at radius 1 is 0.658 bits per heavy atom. The molecule has 0 aliphatic carbocycles. The van der Waals surface area contributed by atoms with Crippen LogP contribution in [0.15, 0.2) is 91.0 Å². The SMILES string of the molecule is C[N-]C(=O)[N-]C(C)=O.Cc1c(C)c(C)[c-](C)c1C.[Ir].c1ccc([PH+](c2ccccc2)c2ccccc2)cc1. The largest absolute Gasteiger partial charge is 0.672 e. The summed E-state index contributed by atoms with van der Waals surface area (Å²) >= 11 is 0. The number of hydrogen-bond donors (Lipinski definition) is 0. The molecular weight excluding hydrogens is 668 g/mol.